The van der Waals surface area contributed by atoms with Crippen LogP contribution < -0.4 is 0 Å². The van der Waals surface area contributed by atoms with E-state index in [0.29, 0.717) is 16.2 Å². The molecule has 7 rings (SSSR count). The van der Waals surface area contributed by atoms with E-state index in [0.717, 1.165) is 66.6 Å². The van der Waals surface area contributed by atoms with Crippen LogP contribution >= 0.6 is 0 Å². The molecule has 3 aromatic carbocycles. The lowest BCUT2D eigenvalue weighted by Gasteiger charge is -2.45. The van der Waals surface area contributed by atoms with E-state index in [1.54, 1.807) is 6.42 Å². The van der Waals surface area contributed by atoms with E-state index >= 15 is 0 Å². The summed E-state index contributed by atoms with van der Waals surface area (Å²) in [5, 5.41) is 0. The summed E-state index contributed by atoms with van der Waals surface area (Å²) in [5.74, 6) is 8.21. The molecule has 4 aliphatic carbocycles. The molecule has 0 spiro atoms. The van der Waals surface area contributed by atoms with E-state index in [4.69, 9.17) is 0 Å². The maximum Gasteiger partial charge on any atom is -0.00258 e. The fourth-order valence-electron chi connectivity index (χ4n) is 13.6. The number of hydrogen-bond donors (Lipinski definition) is 0. The van der Waals surface area contributed by atoms with Crippen molar-refractivity contribution in [1.29, 1.82) is 0 Å². The molecule has 0 saturated heterocycles. The SMILES string of the molecule is CC1CCC(CC2CCC(C)CC2)CC1.CCC1(C)CC(C)CC(C)(C)C1.CCC1CCCC(CC)C1.CCCC(C)CC(C)(C)CC.CCc1cccc(CC)c1.Cc1ccc(Cc2ccc(C)cc2)cc1. The summed E-state index contributed by atoms with van der Waals surface area (Å²) in [7, 11) is 0. The Balaban J connectivity index is 0.000000303. The molecule has 0 bridgehead atoms. The zero-order valence-electron chi connectivity index (χ0n) is 52.4. The summed E-state index contributed by atoms with van der Waals surface area (Å²) in [6, 6.07) is 26.3. The zero-order chi connectivity index (χ0) is 54.5. The van der Waals surface area contributed by atoms with Crippen molar-refractivity contribution >= 4 is 0 Å². The van der Waals surface area contributed by atoms with Crippen molar-refractivity contribution in [1.82, 2.24) is 0 Å². The van der Waals surface area contributed by atoms with Gasteiger partial charge in [-0.15, -0.1) is 0 Å². The van der Waals surface area contributed by atoms with E-state index < -0.39 is 0 Å². The zero-order valence-corrected chi connectivity index (χ0v) is 52.4. The van der Waals surface area contributed by atoms with Crippen molar-refractivity contribution in [2.24, 2.45) is 63.6 Å². The van der Waals surface area contributed by atoms with Crippen LogP contribution in [0, 0.1) is 77.4 Å². The van der Waals surface area contributed by atoms with Crippen LogP contribution in [0.1, 0.15) is 292 Å². The Morgan fingerprint density at radius 1 is 0.548 bits per heavy atom. The summed E-state index contributed by atoms with van der Waals surface area (Å²) in [5.41, 5.74) is 10.1. The van der Waals surface area contributed by atoms with Gasteiger partial charge in [-0.2, -0.15) is 0 Å². The number of hydrogen-bond acceptors (Lipinski definition) is 0. The summed E-state index contributed by atoms with van der Waals surface area (Å²) >= 11 is 0. The Labute approximate surface area is 459 Å². The Morgan fingerprint density at radius 3 is 1.37 bits per heavy atom. The number of rotatable bonds is 14. The molecule has 4 saturated carbocycles. The van der Waals surface area contributed by atoms with Crippen molar-refractivity contribution in [3.05, 3.63) is 106 Å². The Hall–Kier alpha value is -2.34. The van der Waals surface area contributed by atoms with Crippen LogP contribution in [0.3, 0.4) is 0 Å². The van der Waals surface area contributed by atoms with Gasteiger partial charge < -0.3 is 0 Å². The second-order valence-corrected chi connectivity index (χ2v) is 27.5. The number of aryl methyl sites for hydroxylation is 4. The molecule has 0 radical (unpaired) electrons. The van der Waals surface area contributed by atoms with Crippen LogP contribution in [0.25, 0.3) is 0 Å². The molecule has 73 heavy (non-hydrogen) atoms. The van der Waals surface area contributed by atoms with Gasteiger partial charge in [0.2, 0.25) is 0 Å². The van der Waals surface area contributed by atoms with E-state index in [2.05, 4.69) is 197 Å². The van der Waals surface area contributed by atoms with Gasteiger partial charge in [-0.05, 0) is 157 Å². The highest BCUT2D eigenvalue weighted by Gasteiger charge is 2.38. The molecule has 0 aliphatic heterocycles. The smallest absolute Gasteiger partial charge is 0.00258 e. The fourth-order valence-corrected chi connectivity index (χ4v) is 13.6. The Bertz CT molecular complexity index is 1680. The molecule has 0 aromatic heterocycles. The van der Waals surface area contributed by atoms with Crippen LogP contribution in [0.15, 0.2) is 72.8 Å². The molecular weight excluding hydrogens is 877 g/mol. The van der Waals surface area contributed by atoms with Crippen LogP contribution in [0.5, 0.6) is 0 Å². The molecule has 3 aromatic rings. The normalized spacial score (nSPS) is 26.0. The molecule has 418 valence electrons. The van der Waals surface area contributed by atoms with Crippen LogP contribution in [0.4, 0.5) is 0 Å². The highest BCUT2D eigenvalue weighted by atomic mass is 14.4. The van der Waals surface area contributed by atoms with Gasteiger partial charge in [0.25, 0.3) is 0 Å². The minimum atomic E-state index is 0.564. The van der Waals surface area contributed by atoms with Gasteiger partial charge in [0.05, 0.1) is 0 Å². The minimum Gasteiger partial charge on any atom is -0.0654 e. The second-order valence-electron chi connectivity index (χ2n) is 27.5. The molecule has 5 unspecified atom stereocenters. The first-order valence-corrected chi connectivity index (χ1v) is 31.8. The van der Waals surface area contributed by atoms with Crippen molar-refractivity contribution in [3.8, 4) is 0 Å². The second kappa shape index (κ2) is 35.9. The van der Waals surface area contributed by atoms with Gasteiger partial charge in [0.1, 0.15) is 0 Å². The lowest BCUT2D eigenvalue weighted by Crippen LogP contribution is -2.34. The van der Waals surface area contributed by atoms with E-state index in [9.17, 15) is 0 Å². The summed E-state index contributed by atoms with van der Waals surface area (Å²) in [4.78, 5) is 0. The molecule has 0 heterocycles. The fraction of sp³-hybridized carbons (Fsp3) is 0.753. The largest absolute Gasteiger partial charge is 0.0654 e. The third kappa shape index (κ3) is 29.7. The third-order valence-corrected chi connectivity index (χ3v) is 18.6. The average molecular weight is 1000 g/mol. The van der Waals surface area contributed by atoms with E-state index in [1.165, 1.54) is 175 Å². The summed E-state index contributed by atoms with van der Waals surface area (Å²) in [6.45, 7) is 41.9. The predicted molar refractivity (Wildman–Crippen MR) is 331 cm³/mol. The first kappa shape index (κ1) is 66.8. The summed E-state index contributed by atoms with van der Waals surface area (Å²) in [6.07, 6.45) is 37.0. The first-order valence-electron chi connectivity index (χ1n) is 31.8. The van der Waals surface area contributed by atoms with Gasteiger partial charge in [0, 0.05) is 0 Å². The monoisotopic (exact) mass is 1000 g/mol. The Morgan fingerprint density at radius 2 is 1.00 bits per heavy atom. The standard InChI is InChI=1S/C15H28.C15H16.C12H24.C11H24.C10H20.C10H14/c2*1-12-3-7-14(8-4-12)11-15-9-5-13(2)6-10-15;1-6-12(5)8-10(2)7-11(3,4)9-12;1-6-8-10(3)9-11(4,5)7-2;2*1-3-9-6-5-7-10(4-2)8-9/h12-15H,3-11H2,1-2H3;3-10H,11H2,1-2H3;10H,6-9H2,1-5H3;10H,6-9H2,1-5H3;9-10H,3-8H2,1-2H3;5-8H,3-4H2,1-2H3. The molecule has 4 fully saturated rings. The molecule has 0 heteroatoms. The van der Waals surface area contributed by atoms with Crippen LogP contribution in [-0.4, -0.2) is 0 Å². The van der Waals surface area contributed by atoms with Crippen molar-refractivity contribution < 1.29 is 0 Å². The van der Waals surface area contributed by atoms with Gasteiger partial charge in [-0.25, -0.2) is 0 Å². The van der Waals surface area contributed by atoms with Gasteiger partial charge >= 0.3 is 0 Å². The minimum absolute atomic E-state index is 0.564. The van der Waals surface area contributed by atoms with Gasteiger partial charge in [-0.1, -0.05) is 304 Å². The molecule has 5 atom stereocenters. The highest BCUT2D eigenvalue weighted by Crippen LogP contribution is 2.50. The van der Waals surface area contributed by atoms with Gasteiger partial charge in [0.15, 0.2) is 0 Å². The molecular formula is C73H126. The maximum absolute atomic E-state index is 2.46. The molecule has 0 nitrogen and oxygen atoms in total. The van der Waals surface area contributed by atoms with Crippen LogP contribution in [-0.2, 0) is 19.3 Å². The van der Waals surface area contributed by atoms with E-state index in [1.807, 2.05) is 0 Å². The summed E-state index contributed by atoms with van der Waals surface area (Å²) < 4.78 is 0. The third-order valence-electron chi connectivity index (χ3n) is 18.6. The topological polar surface area (TPSA) is 0 Å². The van der Waals surface area contributed by atoms with Crippen molar-refractivity contribution in [2.75, 3.05) is 0 Å². The Kier molecular flexibility index (Phi) is 32.8. The molecule has 0 N–H and O–H groups in total. The molecule has 4 aliphatic rings. The highest BCUT2D eigenvalue weighted by molar-refractivity contribution is 5.30. The van der Waals surface area contributed by atoms with Crippen molar-refractivity contribution in [3.63, 3.8) is 0 Å². The van der Waals surface area contributed by atoms with Crippen molar-refractivity contribution in [2.45, 2.75) is 292 Å². The maximum atomic E-state index is 2.46. The first-order chi connectivity index (χ1) is 34.6. The lowest BCUT2D eigenvalue weighted by atomic mass is 9.60. The molecule has 0 amide bonds. The average Bonchev–Trinajstić information content (AvgIpc) is 3.37. The quantitative estimate of drug-likeness (QED) is 0.151. The van der Waals surface area contributed by atoms with E-state index in [-0.39, 0.29) is 0 Å². The predicted octanol–water partition coefficient (Wildman–Crippen LogP) is 23.8. The van der Waals surface area contributed by atoms with Crippen LogP contribution in [0.2, 0.25) is 0 Å². The van der Waals surface area contributed by atoms with Gasteiger partial charge in [-0.3, -0.25) is 0 Å². The lowest BCUT2D eigenvalue weighted by molar-refractivity contribution is 0.0581. The number of benzene rings is 3.